The number of aliphatic hydroxyl groups is 3. The Morgan fingerprint density at radius 3 is 2.26 bits per heavy atom. The topological polar surface area (TPSA) is 108 Å². The molecule has 1 unspecified atom stereocenters. The van der Waals surface area contributed by atoms with Crippen LogP contribution in [0.5, 0.6) is 0 Å². The lowest BCUT2D eigenvalue weighted by Gasteiger charge is -2.44. The first-order valence-electron chi connectivity index (χ1n) is 10.9. The van der Waals surface area contributed by atoms with Crippen molar-refractivity contribution in [2.75, 3.05) is 5.75 Å². The quantitative estimate of drug-likeness (QED) is 0.350. The van der Waals surface area contributed by atoms with Gasteiger partial charge in [0.05, 0.1) is 27.9 Å². The van der Waals surface area contributed by atoms with E-state index in [1.165, 1.54) is 11.8 Å². The van der Waals surface area contributed by atoms with Crippen molar-refractivity contribution in [1.82, 2.24) is 4.72 Å². The van der Waals surface area contributed by atoms with E-state index in [9.17, 15) is 19.5 Å². The van der Waals surface area contributed by atoms with Crippen LogP contribution in [0.2, 0.25) is 18.1 Å². The predicted octanol–water partition coefficient (Wildman–Crippen LogP) is 2.30. The Labute approximate surface area is 195 Å². The van der Waals surface area contributed by atoms with Gasteiger partial charge in [0.1, 0.15) is 29.9 Å². The fraction of sp³-hybridized carbons (Fsp3) is 0.905. The molecule has 1 saturated heterocycles. The van der Waals surface area contributed by atoms with Crippen LogP contribution in [0.1, 0.15) is 48.0 Å². The van der Waals surface area contributed by atoms with Gasteiger partial charge in [-0.2, -0.15) is 0 Å². The molecule has 0 amide bonds. The lowest BCUT2D eigenvalue weighted by molar-refractivity contribution is -0.203. The molecule has 2 aliphatic heterocycles. The molecule has 0 aromatic carbocycles. The van der Waals surface area contributed by atoms with Crippen molar-refractivity contribution in [2.45, 2.75) is 113 Å². The maximum Gasteiger partial charge on any atom is 0.192 e. The molecular weight excluding hydrogens is 454 g/mol. The molecule has 2 aliphatic rings. The Bertz CT molecular complexity index is 663. The maximum atomic E-state index is 12.8. The number of ether oxygens (including phenoxy) is 1. The predicted molar refractivity (Wildman–Crippen MR) is 130 cm³/mol. The number of hydrogen-bond acceptors (Lipinski definition) is 7. The summed E-state index contributed by atoms with van der Waals surface area (Å²) in [5, 5.41) is 31.6. The fourth-order valence-corrected chi connectivity index (χ4v) is 6.53. The van der Waals surface area contributed by atoms with Crippen molar-refractivity contribution in [2.24, 2.45) is 0 Å². The lowest BCUT2D eigenvalue weighted by atomic mass is 9.93. The summed E-state index contributed by atoms with van der Waals surface area (Å²) in [6.45, 7) is 16.6. The zero-order valence-electron chi connectivity index (χ0n) is 20.0. The molecule has 4 N–H and O–H groups in total. The minimum absolute atomic E-state index is 0.0563. The van der Waals surface area contributed by atoms with E-state index in [1.807, 2.05) is 32.9 Å². The van der Waals surface area contributed by atoms with Crippen LogP contribution in [0, 0.1) is 0 Å². The molecule has 1 fully saturated rings. The van der Waals surface area contributed by atoms with Crippen LogP contribution < -0.4 is 4.72 Å². The van der Waals surface area contributed by atoms with Crippen LogP contribution >= 0.6 is 11.8 Å². The maximum absolute atomic E-state index is 12.8. The third-order valence-corrected chi connectivity index (χ3v) is 13.6. The van der Waals surface area contributed by atoms with Crippen molar-refractivity contribution < 1.29 is 28.7 Å². The van der Waals surface area contributed by atoms with E-state index in [-0.39, 0.29) is 11.1 Å². The molecular formula is C21H41NO6S2Si. The monoisotopic (exact) mass is 495 g/mol. The van der Waals surface area contributed by atoms with Crippen LogP contribution in [0.25, 0.3) is 0 Å². The number of hydrogen-bond donors (Lipinski definition) is 4. The van der Waals surface area contributed by atoms with Crippen molar-refractivity contribution in [3.63, 3.8) is 0 Å². The normalized spacial score (nSPS) is 37.8. The third kappa shape index (κ3) is 6.86. The van der Waals surface area contributed by atoms with E-state index in [4.69, 9.17) is 9.16 Å². The molecule has 31 heavy (non-hydrogen) atoms. The Morgan fingerprint density at radius 2 is 1.71 bits per heavy atom. The lowest BCUT2D eigenvalue weighted by Crippen LogP contribution is -2.63. The van der Waals surface area contributed by atoms with E-state index >= 15 is 0 Å². The summed E-state index contributed by atoms with van der Waals surface area (Å²) in [6.07, 6.45) is -0.369. The molecule has 0 radical (unpaired) electrons. The molecule has 7 nitrogen and oxygen atoms in total. The van der Waals surface area contributed by atoms with Gasteiger partial charge in [-0.1, -0.05) is 32.9 Å². The molecule has 0 saturated carbocycles. The Balaban J connectivity index is 2.31. The summed E-state index contributed by atoms with van der Waals surface area (Å²) < 4.78 is 28.0. The molecule has 10 heteroatoms. The minimum atomic E-state index is -2.02. The second kappa shape index (κ2) is 10.2. The highest BCUT2D eigenvalue weighted by molar-refractivity contribution is 7.99. The molecule has 2 bridgehead atoms. The van der Waals surface area contributed by atoms with Crippen molar-refractivity contribution in [3.05, 3.63) is 12.2 Å². The first-order valence-corrected chi connectivity index (χ1v) is 16.0. The van der Waals surface area contributed by atoms with E-state index in [0.29, 0.717) is 12.2 Å². The van der Waals surface area contributed by atoms with Crippen molar-refractivity contribution in [1.29, 1.82) is 0 Å². The van der Waals surface area contributed by atoms with Crippen molar-refractivity contribution >= 4 is 31.1 Å². The first-order chi connectivity index (χ1) is 14.0. The smallest absolute Gasteiger partial charge is 0.192 e. The second-order valence-electron chi connectivity index (χ2n) is 11.0. The largest absolute Gasteiger partial charge is 0.410 e. The number of nitrogens with one attached hydrogen (secondary N) is 1. The van der Waals surface area contributed by atoms with Gasteiger partial charge in [0, 0.05) is 5.75 Å². The standard InChI is InChI=1S/C21H41NO6S2Si/c1-20(2,3)30(26)22-14-11-9-10-13(28-31(7,8)21(4,5)6)12-29-19-17(25)15(23)16(24)18(14)27-19/h9-10,13-19,22-25H,11-12H2,1-8H3/b10-9-/t13?,14-,15+,16-,17-,18-,19-,30-/m1/s1. The van der Waals surface area contributed by atoms with Gasteiger partial charge < -0.3 is 24.5 Å². The van der Waals surface area contributed by atoms with E-state index in [0.717, 1.165) is 0 Å². The number of aliphatic hydroxyl groups excluding tert-OH is 3. The molecule has 0 aliphatic carbocycles. The molecule has 8 atom stereocenters. The van der Waals surface area contributed by atoms with Crippen LogP contribution in [0.3, 0.4) is 0 Å². The molecule has 0 spiro atoms. The number of thioether (sulfide) groups is 1. The van der Waals surface area contributed by atoms with Gasteiger partial charge in [-0.3, -0.25) is 0 Å². The summed E-state index contributed by atoms with van der Waals surface area (Å²) in [5.74, 6) is 0.562. The van der Waals surface area contributed by atoms with Gasteiger partial charge in [0.2, 0.25) is 0 Å². The van der Waals surface area contributed by atoms with Gasteiger partial charge in [-0.05, 0) is 45.3 Å². The third-order valence-electron chi connectivity index (χ3n) is 6.24. The van der Waals surface area contributed by atoms with Crippen LogP contribution in [-0.4, -0.2) is 80.3 Å². The van der Waals surface area contributed by atoms with Crippen molar-refractivity contribution in [3.8, 4) is 0 Å². The van der Waals surface area contributed by atoms with Gasteiger partial charge in [0.25, 0.3) is 0 Å². The zero-order valence-corrected chi connectivity index (χ0v) is 22.6. The Morgan fingerprint density at radius 1 is 1.10 bits per heavy atom. The van der Waals surface area contributed by atoms with E-state index in [1.54, 1.807) is 0 Å². The highest BCUT2D eigenvalue weighted by atomic mass is 32.2. The van der Waals surface area contributed by atoms with E-state index in [2.05, 4.69) is 38.6 Å². The molecule has 2 heterocycles. The van der Waals surface area contributed by atoms with Crippen LogP contribution in [0.4, 0.5) is 0 Å². The van der Waals surface area contributed by atoms with Crippen LogP contribution in [-0.2, 0) is 20.1 Å². The summed E-state index contributed by atoms with van der Waals surface area (Å²) in [6, 6.07) is -0.497. The Kier molecular flexibility index (Phi) is 9.06. The summed E-state index contributed by atoms with van der Waals surface area (Å²) >= 11 is 1.37. The van der Waals surface area contributed by atoms with Gasteiger partial charge in [-0.15, -0.1) is 11.8 Å². The minimum Gasteiger partial charge on any atom is -0.410 e. The number of rotatable bonds is 4. The van der Waals surface area contributed by atoms with E-state index < -0.39 is 59.9 Å². The zero-order chi connectivity index (χ0) is 23.8. The molecule has 182 valence electrons. The van der Waals surface area contributed by atoms with Gasteiger partial charge >= 0.3 is 0 Å². The highest BCUT2D eigenvalue weighted by Gasteiger charge is 2.48. The number of fused-ring (bicyclic) bond motifs is 2. The highest BCUT2D eigenvalue weighted by Crippen LogP contribution is 2.39. The summed E-state index contributed by atoms with van der Waals surface area (Å²) in [5.41, 5.74) is -0.715. The molecule has 0 aromatic rings. The first kappa shape index (κ1) is 27.5. The summed E-state index contributed by atoms with van der Waals surface area (Å²) in [4.78, 5) is 0. The molecule has 2 rings (SSSR count). The second-order valence-corrected chi connectivity index (χ2v) is 18.8. The SMILES string of the molecule is CC(C)(C)[S@@](=O)N[C@@H]1C/C=C\C(O[Si](C)(C)C(C)(C)C)CS[C@H]2O[C@H]1[C@H](O)[C@H](O)[C@H]2O. The summed E-state index contributed by atoms with van der Waals surface area (Å²) in [7, 11) is -3.41. The van der Waals surface area contributed by atoms with Gasteiger partial charge in [0.15, 0.2) is 8.32 Å². The Hall–Kier alpha value is 0.217. The average molecular weight is 496 g/mol. The fourth-order valence-electron chi connectivity index (χ4n) is 3.16. The van der Waals surface area contributed by atoms with Crippen LogP contribution in [0.15, 0.2) is 12.2 Å². The molecule has 0 aromatic heterocycles. The van der Waals surface area contributed by atoms with Gasteiger partial charge in [-0.25, -0.2) is 8.93 Å². The average Bonchev–Trinajstić information content (AvgIpc) is 2.62.